The molecule has 1 aliphatic heterocycles. The highest BCUT2D eigenvalue weighted by Crippen LogP contribution is 2.18. The molecule has 2 heterocycles. The molecular weight excluding hydrogens is 305 g/mol. The van der Waals surface area contributed by atoms with Gasteiger partial charge in [0.2, 0.25) is 0 Å². The lowest BCUT2D eigenvalue weighted by atomic mass is 10.2. The summed E-state index contributed by atoms with van der Waals surface area (Å²) in [5.74, 6) is 0.110. The van der Waals surface area contributed by atoms with Crippen molar-refractivity contribution in [1.82, 2.24) is 15.2 Å². The van der Waals surface area contributed by atoms with Crippen molar-refractivity contribution < 1.29 is 4.79 Å². The third kappa shape index (κ3) is 4.60. The molecule has 4 nitrogen and oxygen atoms in total. The van der Waals surface area contributed by atoms with E-state index in [1.165, 1.54) is 11.3 Å². The quantitative estimate of drug-likeness (QED) is 0.924. The lowest BCUT2D eigenvalue weighted by Gasteiger charge is -2.22. The Morgan fingerprint density at radius 1 is 1.58 bits per heavy atom. The van der Waals surface area contributed by atoms with Crippen LogP contribution in [0.2, 0.25) is 0 Å². The minimum absolute atomic E-state index is 0. The zero-order valence-corrected chi connectivity index (χ0v) is 13.7. The molecule has 19 heavy (non-hydrogen) atoms. The molecule has 1 amide bonds. The fourth-order valence-electron chi connectivity index (χ4n) is 2.05. The number of aromatic nitrogens is 1. The zero-order chi connectivity index (χ0) is 12.3. The number of halogens is 2. The largest absolute Gasteiger partial charge is 0.337 e. The first-order chi connectivity index (χ1) is 8.22. The Bertz CT molecular complexity index is 394. The van der Waals surface area contributed by atoms with E-state index in [1.807, 2.05) is 11.9 Å². The van der Waals surface area contributed by atoms with Crippen molar-refractivity contribution >= 4 is 42.1 Å². The maximum Gasteiger partial charge on any atom is 0.265 e. The Morgan fingerprint density at radius 2 is 2.32 bits per heavy atom. The molecule has 1 aliphatic rings. The first-order valence-corrected chi connectivity index (χ1v) is 6.96. The van der Waals surface area contributed by atoms with Gasteiger partial charge in [0.05, 0.1) is 11.2 Å². The van der Waals surface area contributed by atoms with Gasteiger partial charge in [0.1, 0.15) is 4.88 Å². The second kappa shape index (κ2) is 8.74. The summed E-state index contributed by atoms with van der Waals surface area (Å²) in [4.78, 5) is 19.1. The van der Waals surface area contributed by atoms with Crippen LogP contribution in [0.1, 0.15) is 34.4 Å². The summed E-state index contributed by atoms with van der Waals surface area (Å²) in [6.45, 7) is 4.04. The average molecular weight is 326 g/mol. The summed E-state index contributed by atoms with van der Waals surface area (Å²) < 4.78 is 0. The number of amides is 1. The molecule has 0 aromatic carbocycles. The number of carbonyl (C=O) groups excluding carboxylic acids is 1. The molecule has 2 rings (SSSR count). The van der Waals surface area contributed by atoms with Crippen LogP contribution in [0.4, 0.5) is 0 Å². The van der Waals surface area contributed by atoms with E-state index in [2.05, 4.69) is 17.2 Å². The van der Waals surface area contributed by atoms with Crippen molar-refractivity contribution in [2.45, 2.75) is 32.2 Å². The van der Waals surface area contributed by atoms with Gasteiger partial charge in [0, 0.05) is 19.6 Å². The maximum atomic E-state index is 12.2. The number of carbonyl (C=O) groups is 1. The van der Waals surface area contributed by atoms with Gasteiger partial charge >= 0.3 is 0 Å². The molecule has 0 radical (unpaired) electrons. The molecule has 1 aromatic rings. The van der Waals surface area contributed by atoms with Gasteiger partial charge in [-0.3, -0.25) is 4.79 Å². The van der Waals surface area contributed by atoms with Gasteiger partial charge in [-0.1, -0.05) is 6.92 Å². The minimum Gasteiger partial charge on any atom is -0.337 e. The number of thiazole rings is 1. The number of nitrogens with zero attached hydrogens (tertiary/aromatic N) is 2. The molecule has 1 unspecified atom stereocenters. The second-order valence-corrected chi connectivity index (χ2v) is 5.55. The Balaban J connectivity index is 0.00000162. The molecule has 0 spiro atoms. The van der Waals surface area contributed by atoms with Crippen molar-refractivity contribution in [3.63, 3.8) is 0 Å². The molecule has 1 saturated heterocycles. The fraction of sp³-hybridized carbons (Fsp3) is 0.667. The smallest absolute Gasteiger partial charge is 0.265 e. The summed E-state index contributed by atoms with van der Waals surface area (Å²) in [5.41, 5.74) is 0. The molecule has 0 saturated carbocycles. The molecule has 110 valence electrons. The van der Waals surface area contributed by atoms with Crippen LogP contribution in [0.25, 0.3) is 0 Å². The zero-order valence-electron chi connectivity index (χ0n) is 11.2. The average Bonchev–Trinajstić information content (AvgIpc) is 2.98. The minimum atomic E-state index is 0. The summed E-state index contributed by atoms with van der Waals surface area (Å²) in [6, 6.07) is 0.333. The third-order valence-corrected chi connectivity index (χ3v) is 4.18. The first-order valence-electron chi connectivity index (χ1n) is 6.15. The molecule has 0 aliphatic carbocycles. The Hall–Kier alpha value is -0.360. The Labute approximate surface area is 130 Å². The van der Waals surface area contributed by atoms with E-state index < -0.39 is 0 Å². The molecule has 1 atom stereocenters. The van der Waals surface area contributed by atoms with Gasteiger partial charge < -0.3 is 10.2 Å². The van der Waals surface area contributed by atoms with Gasteiger partial charge in [-0.05, 0) is 25.8 Å². The van der Waals surface area contributed by atoms with E-state index in [0.717, 1.165) is 42.2 Å². The highest BCUT2D eigenvalue weighted by molar-refractivity contribution is 7.13. The number of nitrogens with one attached hydrogen (secondary N) is 1. The summed E-state index contributed by atoms with van der Waals surface area (Å²) in [7, 11) is 1.89. The fourth-order valence-corrected chi connectivity index (χ4v) is 3.05. The van der Waals surface area contributed by atoms with Crippen LogP contribution < -0.4 is 5.32 Å². The third-order valence-electron chi connectivity index (χ3n) is 3.13. The molecular formula is C12H21Cl2N3OS. The van der Waals surface area contributed by atoms with Crippen molar-refractivity contribution in [2.75, 3.05) is 20.1 Å². The number of likely N-dealkylation sites (N-methyl/N-ethyl adjacent to an activating group) is 1. The van der Waals surface area contributed by atoms with E-state index in [9.17, 15) is 4.79 Å². The number of rotatable bonds is 4. The van der Waals surface area contributed by atoms with Gasteiger partial charge in [0.15, 0.2) is 0 Å². The Kier molecular flexibility index (Phi) is 8.57. The van der Waals surface area contributed by atoms with Crippen LogP contribution in [0.15, 0.2) is 6.20 Å². The molecule has 1 aromatic heterocycles. The summed E-state index contributed by atoms with van der Waals surface area (Å²) in [5, 5.41) is 4.34. The monoisotopic (exact) mass is 325 g/mol. The maximum absolute atomic E-state index is 12.2. The SMILES string of the molecule is CCCc1ncc(C(=O)N(C)C2CCNC2)s1.Cl.Cl. The highest BCUT2D eigenvalue weighted by atomic mass is 35.5. The Morgan fingerprint density at radius 3 is 2.89 bits per heavy atom. The van der Waals surface area contributed by atoms with Crippen molar-refractivity contribution in [3.05, 3.63) is 16.1 Å². The lowest BCUT2D eigenvalue weighted by molar-refractivity contribution is 0.0748. The van der Waals surface area contributed by atoms with Gasteiger partial charge in [-0.2, -0.15) is 0 Å². The number of hydrogen-bond acceptors (Lipinski definition) is 4. The van der Waals surface area contributed by atoms with E-state index >= 15 is 0 Å². The van der Waals surface area contributed by atoms with Crippen LogP contribution in [-0.2, 0) is 6.42 Å². The molecule has 0 bridgehead atoms. The topological polar surface area (TPSA) is 45.2 Å². The molecule has 1 fully saturated rings. The van der Waals surface area contributed by atoms with E-state index in [4.69, 9.17) is 0 Å². The number of aryl methyl sites for hydroxylation is 1. The number of hydrogen-bond donors (Lipinski definition) is 1. The van der Waals surface area contributed by atoms with Crippen LogP contribution in [0.5, 0.6) is 0 Å². The second-order valence-electron chi connectivity index (χ2n) is 4.43. The standard InChI is InChI=1S/C12H19N3OS.2ClH/c1-3-4-11-14-8-10(17-11)12(16)15(2)9-5-6-13-7-9;;/h8-9,13H,3-7H2,1-2H3;2*1H. The van der Waals surface area contributed by atoms with Gasteiger partial charge in [-0.15, -0.1) is 36.2 Å². The van der Waals surface area contributed by atoms with E-state index in [1.54, 1.807) is 6.20 Å². The van der Waals surface area contributed by atoms with Crippen LogP contribution in [0.3, 0.4) is 0 Å². The highest BCUT2D eigenvalue weighted by Gasteiger charge is 2.25. The normalized spacial score (nSPS) is 17.5. The lowest BCUT2D eigenvalue weighted by Crippen LogP contribution is -2.37. The van der Waals surface area contributed by atoms with Crippen molar-refractivity contribution in [2.24, 2.45) is 0 Å². The van der Waals surface area contributed by atoms with Gasteiger partial charge in [-0.25, -0.2) is 4.98 Å². The first kappa shape index (κ1) is 18.6. The predicted molar refractivity (Wildman–Crippen MR) is 84.0 cm³/mol. The molecule has 1 N–H and O–H groups in total. The van der Waals surface area contributed by atoms with Crippen LogP contribution in [0, 0.1) is 0 Å². The van der Waals surface area contributed by atoms with Crippen molar-refractivity contribution in [3.8, 4) is 0 Å². The predicted octanol–water partition coefficient (Wildman–Crippen LogP) is 2.37. The summed E-state index contributed by atoms with van der Waals surface area (Å²) >= 11 is 1.53. The van der Waals surface area contributed by atoms with Crippen molar-refractivity contribution in [1.29, 1.82) is 0 Å². The van der Waals surface area contributed by atoms with E-state index in [-0.39, 0.29) is 30.7 Å². The van der Waals surface area contributed by atoms with Crippen LogP contribution in [-0.4, -0.2) is 42.0 Å². The summed E-state index contributed by atoms with van der Waals surface area (Å²) in [6.07, 6.45) is 4.80. The molecule has 7 heteroatoms. The van der Waals surface area contributed by atoms with Gasteiger partial charge in [0.25, 0.3) is 5.91 Å². The van der Waals surface area contributed by atoms with Crippen LogP contribution >= 0.6 is 36.2 Å². The van der Waals surface area contributed by atoms with E-state index in [0.29, 0.717) is 6.04 Å².